The molecule has 0 fully saturated rings. The van der Waals surface area contributed by atoms with Crippen molar-refractivity contribution < 1.29 is 9.18 Å². The van der Waals surface area contributed by atoms with Crippen LogP contribution in [0.15, 0.2) is 60.9 Å². The number of carbonyl (C=O) groups is 1. The van der Waals surface area contributed by atoms with Crippen molar-refractivity contribution in [2.75, 3.05) is 6.54 Å². The number of aromatic nitrogens is 6. The van der Waals surface area contributed by atoms with Gasteiger partial charge >= 0.3 is 0 Å². The van der Waals surface area contributed by atoms with Crippen LogP contribution < -0.4 is 0 Å². The van der Waals surface area contributed by atoms with E-state index in [0.717, 1.165) is 33.4 Å². The lowest BCUT2D eigenvalue weighted by atomic mass is 10.0. The van der Waals surface area contributed by atoms with E-state index in [9.17, 15) is 9.18 Å². The first-order chi connectivity index (χ1) is 17.0. The number of fused-ring (bicyclic) bond motifs is 2. The first-order valence-electron chi connectivity index (χ1n) is 11.3. The van der Waals surface area contributed by atoms with Crippen molar-refractivity contribution in [2.45, 2.75) is 13.0 Å². The summed E-state index contributed by atoms with van der Waals surface area (Å²) < 4.78 is 17.2. The minimum atomic E-state index is -0.315. The van der Waals surface area contributed by atoms with Crippen LogP contribution in [-0.4, -0.2) is 46.9 Å². The van der Waals surface area contributed by atoms with Gasteiger partial charge in [-0.15, -0.1) is 10.2 Å². The van der Waals surface area contributed by atoms with Crippen LogP contribution in [0.3, 0.4) is 0 Å². The molecule has 5 aromatic rings. The predicted molar refractivity (Wildman–Crippen MR) is 129 cm³/mol. The molecule has 0 spiro atoms. The zero-order valence-electron chi connectivity index (χ0n) is 19.3. The monoisotopic (exact) mass is 467 g/mol. The van der Waals surface area contributed by atoms with Crippen LogP contribution in [0.5, 0.6) is 0 Å². The SMILES string of the molecule is Cn1cnnc1-c1nn(C)c2c1CN(C(=O)c1cc(-c3ccc(F)cc3)nc3ccccc13)CC2. The second-order valence-electron chi connectivity index (χ2n) is 8.72. The molecule has 8 nitrogen and oxygen atoms in total. The number of nitrogens with zero attached hydrogens (tertiary/aromatic N) is 7. The molecular weight excluding hydrogens is 445 g/mol. The maximum Gasteiger partial charge on any atom is 0.254 e. The number of amides is 1. The van der Waals surface area contributed by atoms with Crippen LogP contribution in [0.2, 0.25) is 0 Å². The number of pyridine rings is 1. The molecular formula is C26H22FN7O. The number of rotatable bonds is 3. The molecule has 9 heteroatoms. The Labute approximate surface area is 200 Å². The fourth-order valence-corrected chi connectivity index (χ4v) is 4.73. The highest BCUT2D eigenvalue weighted by atomic mass is 19.1. The van der Waals surface area contributed by atoms with Gasteiger partial charge in [0.2, 0.25) is 0 Å². The summed E-state index contributed by atoms with van der Waals surface area (Å²) in [6.45, 7) is 0.999. The standard InChI is InChI=1S/C26H22FN7O/c1-32-15-28-30-25(32)24-20-14-34(12-11-23(20)33(2)31-24)26(35)19-13-22(16-7-9-17(27)10-8-16)29-21-6-4-3-5-18(19)21/h3-10,13,15H,11-12,14H2,1-2H3. The first-order valence-corrected chi connectivity index (χ1v) is 11.3. The molecule has 0 saturated carbocycles. The van der Waals surface area contributed by atoms with Gasteiger partial charge < -0.3 is 9.47 Å². The fraction of sp³-hybridized carbons (Fsp3) is 0.192. The minimum Gasteiger partial charge on any atom is -0.334 e. The Morgan fingerprint density at radius 2 is 1.86 bits per heavy atom. The topological polar surface area (TPSA) is 81.7 Å². The highest BCUT2D eigenvalue weighted by Crippen LogP contribution is 2.31. The lowest BCUT2D eigenvalue weighted by Gasteiger charge is -2.28. The summed E-state index contributed by atoms with van der Waals surface area (Å²) in [5.41, 5.74) is 5.50. The van der Waals surface area contributed by atoms with Gasteiger partial charge in [0.25, 0.3) is 5.91 Å². The van der Waals surface area contributed by atoms with E-state index in [2.05, 4.69) is 15.3 Å². The third-order valence-electron chi connectivity index (χ3n) is 6.54. The number of carbonyl (C=O) groups excluding carboxylic acids is 1. The molecule has 174 valence electrons. The van der Waals surface area contributed by atoms with E-state index in [0.29, 0.717) is 36.6 Å². The minimum absolute atomic E-state index is 0.0784. The molecule has 6 rings (SSSR count). The van der Waals surface area contributed by atoms with Gasteiger partial charge in [0.1, 0.15) is 17.8 Å². The van der Waals surface area contributed by atoms with Crippen molar-refractivity contribution in [3.63, 3.8) is 0 Å². The van der Waals surface area contributed by atoms with Crippen molar-refractivity contribution in [1.82, 2.24) is 34.4 Å². The second kappa shape index (κ2) is 8.12. The maximum atomic E-state index is 13.9. The Morgan fingerprint density at radius 1 is 1.06 bits per heavy atom. The van der Waals surface area contributed by atoms with Crippen LogP contribution in [0, 0.1) is 5.82 Å². The molecule has 35 heavy (non-hydrogen) atoms. The van der Waals surface area contributed by atoms with Crippen molar-refractivity contribution >= 4 is 16.8 Å². The molecule has 4 heterocycles. The van der Waals surface area contributed by atoms with Gasteiger partial charge in [0.05, 0.1) is 23.3 Å². The van der Waals surface area contributed by atoms with E-state index in [1.807, 2.05) is 52.5 Å². The van der Waals surface area contributed by atoms with Gasteiger partial charge in [-0.1, -0.05) is 18.2 Å². The summed E-state index contributed by atoms with van der Waals surface area (Å²) in [5, 5.41) is 13.7. The highest BCUT2D eigenvalue weighted by molar-refractivity contribution is 6.07. The van der Waals surface area contributed by atoms with E-state index in [-0.39, 0.29) is 11.7 Å². The third-order valence-corrected chi connectivity index (χ3v) is 6.54. The van der Waals surface area contributed by atoms with E-state index >= 15 is 0 Å². The highest BCUT2D eigenvalue weighted by Gasteiger charge is 2.30. The Kier molecular flexibility index (Phi) is 4.91. The molecule has 0 unspecified atom stereocenters. The van der Waals surface area contributed by atoms with Gasteiger partial charge in [-0.05, 0) is 36.4 Å². The van der Waals surface area contributed by atoms with Crippen LogP contribution in [0.1, 0.15) is 21.6 Å². The normalized spacial score (nSPS) is 13.3. The van der Waals surface area contributed by atoms with Gasteiger partial charge in [-0.3, -0.25) is 9.48 Å². The molecule has 0 aliphatic carbocycles. The van der Waals surface area contributed by atoms with E-state index in [4.69, 9.17) is 4.98 Å². The summed E-state index contributed by atoms with van der Waals surface area (Å²) in [4.78, 5) is 20.5. The average Bonchev–Trinajstić information content (AvgIpc) is 3.45. The predicted octanol–water partition coefficient (Wildman–Crippen LogP) is 3.77. The van der Waals surface area contributed by atoms with Crippen LogP contribution in [0.4, 0.5) is 4.39 Å². The molecule has 0 N–H and O–H groups in total. The maximum absolute atomic E-state index is 13.9. The number of aryl methyl sites for hydroxylation is 2. The number of para-hydroxylation sites is 1. The van der Waals surface area contributed by atoms with E-state index in [1.54, 1.807) is 24.5 Å². The van der Waals surface area contributed by atoms with Crippen molar-refractivity contribution in [2.24, 2.45) is 14.1 Å². The van der Waals surface area contributed by atoms with Gasteiger partial charge in [0.15, 0.2) is 5.82 Å². The van der Waals surface area contributed by atoms with Crippen molar-refractivity contribution in [3.8, 4) is 22.8 Å². The summed E-state index contributed by atoms with van der Waals surface area (Å²) in [6.07, 6.45) is 2.33. The summed E-state index contributed by atoms with van der Waals surface area (Å²) >= 11 is 0. The van der Waals surface area contributed by atoms with E-state index < -0.39 is 0 Å². The molecule has 0 saturated heterocycles. The Bertz CT molecular complexity index is 1590. The fourth-order valence-electron chi connectivity index (χ4n) is 4.73. The number of benzene rings is 2. The third kappa shape index (κ3) is 3.56. The van der Waals surface area contributed by atoms with Crippen LogP contribution >= 0.6 is 0 Å². The second-order valence-corrected chi connectivity index (χ2v) is 8.72. The zero-order valence-corrected chi connectivity index (χ0v) is 19.3. The number of halogens is 1. The lowest BCUT2D eigenvalue weighted by Crippen LogP contribution is -2.36. The summed E-state index contributed by atoms with van der Waals surface area (Å²) in [5.74, 6) is 0.277. The van der Waals surface area contributed by atoms with Crippen LogP contribution in [0.25, 0.3) is 33.7 Å². The van der Waals surface area contributed by atoms with Gasteiger partial charge in [0, 0.05) is 49.3 Å². The largest absolute Gasteiger partial charge is 0.334 e. The molecule has 1 aliphatic rings. The molecule has 2 aromatic carbocycles. The smallest absolute Gasteiger partial charge is 0.254 e. The van der Waals surface area contributed by atoms with Crippen molar-refractivity contribution in [1.29, 1.82) is 0 Å². The average molecular weight is 468 g/mol. The first kappa shape index (κ1) is 21.2. The molecule has 0 atom stereocenters. The van der Waals surface area contributed by atoms with Crippen molar-refractivity contribution in [3.05, 3.63) is 83.6 Å². The Morgan fingerprint density at radius 3 is 2.63 bits per heavy atom. The van der Waals surface area contributed by atoms with E-state index in [1.165, 1.54) is 12.1 Å². The Balaban J connectivity index is 1.42. The van der Waals surface area contributed by atoms with Crippen LogP contribution in [-0.2, 0) is 27.1 Å². The molecule has 0 radical (unpaired) electrons. The number of hydrogen-bond acceptors (Lipinski definition) is 5. The molecule has 1 aliphatic heterocycles. The summed E-state index contributed by atoms with van der Waals surface area (Å²) in [7, 11) is 3.80. The molecule has 3 aromatic heterocycles. The summed E-state index contributed by atoms with van der Waals surface area (Å²) in [6, 6.07) is 15.6. The quantitative estimate of drug-likeness (QED) is 0.404. The van der Waals surface area contributed by atoms with Gasteiger partial charge in [-0.2, -0.15) is 5.10 Å². The Hall–Kier alpha value is -4.40. The number of hydrogen-bond donors (Lipinski definition) is 0. The molecule has 0 bridgehead atoms. The lowest BCUT2D eigenvalue weighted by molar-refractivity contribution is 0.0735. The zero-order chi connectivity index (χ0) is 24.1. The molecule has 1 amide bonds. The van der Waals surface area contributed by atoms with Gasteiger partial charge in [-0.25, -0.2) is 9.37 Å².